The highest BCUT2D eigenvalue weighted by Crippen LogP contribution is 2.40. The number of anilines is 2. The van der Waals surface area contributed by atoms with Gasteiger partial charge in [0.2, 0.25) is 0 Å². The number of rotatable bonds is 8. The number of thiophene rings is 1. The molecule has 0 amide bonds. The summed E-state index contributed by atoms with van der Waals surface area (Å²) < 4.78 is 5.48. The number of benzene rings is 1. The molecule has 10 heteroatoms. The average Bonchev–Trinajstić information content (AvgIpc) is 3.51. The first-order chi connectivity index (χ1) is 20.3. The number of nitrogens with one attached hydrogen (secondary N) is 4. The third-order valence-corrected chi connectivity index (χ3v) is 9.82. The van der Waals surface area contributed by atoms with Crippen LogP contribution in [0.3, 0.4) is 0 Å². The van der Waals surface area contributed by atoms with E-state index in [1.807, 2.05) is 17.4 Å². The maximum absolute atomic E-state index is 6.89. The molecule has 3 aromatic rings. The van der Waals surface area contributed by atoms with Crippen LogP contribution in [0.2, 0.25) is 5.02 Å². The van der Waals surface area contributed by atoms with Crippen LogP contribution in [-0.2, 0) is 17.7 Å². The fraction of sp³-hybridized carbons (Fsp3) is 0.469. The minimum Gasteiger partial charge on any atom is -0.383 e. The van der Waals surface area contributed by atoms with Crippen molar-refractivity contribution in [1.82, 2.24) is 25.9 Å². The highest BCUT2D eigenvalue weighted by molar-refractivity contribution is 7.10. The number of pyridine rings is 1. The molecule has 1 atom stereocenters. The van der Waals surface area contributed by atoms with E-state index in [0.29, 0.717) is 17.1 Å². The average molecular weight is 604 g/mol. The second-order valence-electron chi connectivity index (χ2n) is 13.0. The Morgan fingerprint density at radius 2 is 2.10 bits per heavy atom. The van der Waals surface area contributed by atoms with Crippen molar-refractivity contribution >= 4 is 45.2 Å². The van der Waals surface area contributed by atoms with E-state index < -0.39 is 0 Å². The van der Waals surface area contributed by atoms with Crippen LogP contribution in [0, 0.1) is 17.8 Å². The molecule has 1 aromatic carbocycles. The summed E-state index contributed by atoms with van der Waals surface area (Å²) in [6.45, 7) is 11.1. The summed E-state index contributed by atoms with van der Waals surface area (Å²) in [5, 5.41) is 13.5. The predicted molar refractivity (Wildman–Crippen MR) is 171 cm³/mol. The van der Waals surface area contributed by atoms with Gasteiger partial charge in [-0.3, -0.25) is 14.9 Å². The van der Waals surface area contributed by atoms with Crippen molar-refractivity contribution in [1.29, 1.82) is 0 Å². The lowest BCUT2D eigenvalue weighted by molar-refractivity contribution is -0.0691. The fourth-order valence-corrected chi connectivity index (χ4v) is 7.31. The Balaban J connectivity index is 1.26. The third-order valence-electron chi connectivity index (χ3n) is 8.50. The summed E-state index contributed by atoms with van der Waals surface area (Å²) in [7, 11) is 0. The molecular weight excluding hydrogens is 566 g/mol. The van der Waals surface area contributed by atoms with Gasteiger partial charge in [0.15, 0.2) is 0 Å². The zero-order valence-corrected chi connectivity index (χ0v) is 26.0. The van der Waals surface area contributed by atoms with Crippen LogP contribution in [-0.4, -0.2) is 53.3 Å². The van der Waals surface area contributed by atoms with E-state index in [1.54, 1.807) is 6.20 Å². The largest absolute Gasteiger partial charge is 0.383 e. The number of hydrogen-bond donors (Lipinski definition) is 4. The Labute approximate surface area is 256 Å². The quantitative estimate of drug-likeness (QED) is 0.247. The van der Waals surface area contributed by atoms with Crippen molar-refractivity contribution in [2.45, 2.75) is 64.7 Å². The lowest BCUT2D eigenvalue weighted by Gasteiger charge is -2.39. The van der Waals surface area contributed by atoms with Crippen LogP contribution >= 0.6 is 22.9 Å². The van der Waals surface area contributed by atoms with Crippen LogP contribution in [0.25, 0.3) is 10.9 Å². The summed E-state index contributed by atoms with van der Waals surface area (Å²) >= 11 is 8.76. The van der Waals surface area contributed by atoms with Gasteiger partial charge in [0.05, 0.1) is 52.8 Å². The molecule has 2 aromatic heterocycles. The van der Waals surface area contributed by atoms with Crippen molar-refractivity contribution < 1.29 is 4.74 Å². The SMILES string of the molecule is C#Cc1cnc2c(Cl)cc(N[C@@H](C3=CN(C4CC4)NN3)c3csc4c3CCN(C3COC3)C4)cc2c1NCC(C)(C)C. The number of halogens is 1. The number of terminal acetylenes is 1. The predicted octanol–water partition coefficient (Wildman–Crippen LogP) is 5.63. The number of hydrazine groups is 2. The first kappa shape index (κ1) is 27.8. The van der Waals surface area contributed by atoms with E-state index in [-0.39, 0.29) is 11.5 Å². The summed E-state index contributed by atoms with van der Waals surface area (Å²) in [4.78, 5) is 8.66. The lowest BCUT2D eigenvalue weighted by Crippen LogP contribution is -2.50. The monoisotopic (exact) mass is 603 g/mol. The third kappa shape index (κ3) is 5.43. The molecule has 42 heavy (non-hydrogen) atoms. The van der Waals surface area contributed by atoms with E-state index in [4.69, 9.17) is 22.8 Å². The molecule has 7 rings (SSSR count). The molecule has 1 saturated heterocycles. The van der Waals surface area contributed by atoms with Gasteiger partial charge in [0.1, 0.15) is 0 Å². The number of nitrogens with zero attached hydrogens (tertiary/aromatic N) is 3. The zero-order chi connectivity index (χ0) is 29.0. The van der Waals surface area contributed by atoms with E-state index in [0.717, 1.165) is 72.8 Å². The van der Waals surface area contributed by atoms with Crippen LogP contribution in [0.5, 0.6) is 0 Å². The Bertz CT molecular complexity index is 1580. The van der Waals surface area contributed by atoms with Gasteiger partial charge in [-0.15, -0.1) is 23.3 Å². The molecule has 5 heterocycles. The standard InChI is InChI=1S/C32H38ClN7OS/c1-5-19-12-34-30-24(29(19)35-18-32(2,3)4)10-20(11-26(30)33)36-31(27-13-40(38-37-27)21-6-7-21)25-17-42-28-14-39(9-8-23(25)28)22-15-41-16-22/h1,10-13,17,21-22,31,36-38H,6-9,14-16,18H2,2-4H3,(H,34,35)/t31-/m1/s1. The van der Waals surface area contributed by atoms with E-state index in [9.17, 15) is 0 Å². The molecule has 0 unspecified atom stereocenters. The fourth-order valence-electron chi connectivity index (χ4n) is 5.89. The van der Waals surface area contributed by atoms with Crippen LogP contribution in [0.4, 0.5) is 11.4 Å². The summed E-state index contributed by atoms with van der Waals surface area (Å²) in [6, 6.07) is 5.13. The molecule has 4 N–H and O–H groups in total. The van der Waals surface area contributed by atoms with Crippen molar-refractivity contribution in [2.75, 3.05) is 36.9 Å². The van der Waals surface area contributed by atoms with Crippen LogP contribution < -0.4 is 21.6 Å². The Morgan fingerprint density at radius 1 is 1.26 bits per heavy atom. The number of ether oxygens (including phenoxy) is 1. The molecule has 1 aliphatic carbocycles. The Kier molecular flexibility index (Phi) is 7.24. The maximum atomic E-state index is 6.89. The maximum Gasteiger partial charge on any atom is 0.0955 e. The van der Waals surface area contributed by atoms with Crippen molar-refractivity contribution in [3.63, 3.8) is 0 Å². The number of aromatic nitrogens is 1. The molecule has 220 valence electrons. The summed E-state index contributed by atoms with van der Waals surface area (Å²) in [5.41, 5.74) is 14.1. The van der Waals surface area contributed by atoms with Gasteiger partial charge < -0.3 is 20.8 Å². The smallest absolute Gasteiger partial charge is 0.0955 e. The molecular formula is C32H38ClN7OS. The molecule has 0 spiro atoms. The van der Waals surface area contributed by atoms with E-state index >= 15 is 0 Å². The summed E-state index contributed by atoms with van der Waals surface area (Å²) in [6.07, 6.45) is 13.3. The van der Waals surface area contributed by atoms with Gasteiger partial charge in [0.25, 0.3) is 0 Å². The Morgan fingerprint density at radius 3 is 2.81 bits per heavy atom. The van der Waals surface area contributed by atoms with Gasteiger partial charge in [0, 0.05) is 54.0 Å². The van der Waals surface area contributed by atoms with Gasteiger partial charge in [-0.05, 0) is 53.3 Å². The van der Waals surface area contributed by atoms with Crippen molar-refractivity contribution in [3.05, 3.63) is 62.2 Å². The zero-order valence-electron chi connectivity index (χ0n) is 24.4. The first-order valence-electron chi connectivity index (χ1n) is 14.8. The molecule has 8 nitrogen and oxygen atoms in total. The van der Waals surface area contributed by atoms with E-state index in [1.165, 1.54) is 28.8 Å². The molecule has 3 aliphatic heterocycles. The van der Waals surface area contributed by atoms with Crippen molar-refractivity contribution in [3.8, 4) is 12.3 Å². The second kappa shape index (κ2) is 10.9. The van der Waals surface area contributed by atoms with Crippen LogP contribution in [0.1, 0.15) is 61.2 Å². The highest BCUT2D eigenvalue weighted by atomic mass is 35.5. The summed E-state index contributed by atoms with van der Waals surface area (Å²) in [5.74, 6) is 2.81. The highest BCUT2D eigenvalue weighted by Gasteiger charge is 2.35. The molecule has 1 saturated carbocycles. The first-order valence-corrected chi connectivity index (χ1v) is 16.0. The van der Waals surface area contributed by atoms with E-state index in [2.05, 4.69) is 80.8 Å². The van der Waals surface area contributed by atoms with Gasteiger partial charge in [-0.2, -0.15) is 0 Å². The molecule has 2 fully saturated rings. The second-order valence-corrected chi connectivity index (χ2v) is 14.4. The minimum atomic E-state index is -0.0805. The molecule has 0 bridgehead atoms. The normalized spacial score (nSPS) is 20.0. The van der Waals surface area contributed by atoms with Crippen LogP contribution in [0.15, 0.2) is 35.6 Å². The van der Waals surface area contributed by atoms with Gasteiger partial charge >= 0.3 is 0 Å². The lowest BCUT2D eigenvalue weighted by atomic mass is 9.95. The Hall–Kier alpha value is -3.00. The van der Waals surface area contributed by atoms with Gasteiger partial charge in [-0.25, -0.2) is 0 Å². The van der Waals surface area contributed by atoms with Crippen molar-refractivity contribution in [2.24, 2.45) is 5.41 Å². The molecule has 0 radical (unpaired) electrons. The number of fused-ring (bicyclic) bond motifs is 2. The minimum absolute atomic E-state index is 0.0759. The molecule has 4 aliphatic rings. The number of hydrogen-bond acceptors (Lipinski definition) is 9. The van der Waals surface area contributed by atoms with Gasteiger partial charge in [-0.1, -0.05) is 38.3 Å². The topological polar surface area (TPSA) is 76.7 Å².